The maximum Gasteiger partial charge on any atom is 0.257 e. The molecule has 0 atom stereocenters. The summed E-state index contributed by atoms with van der Waals surface area (Å²) in [6.07, 6.45) is 0. The van der Waals surface area contributed by atoms with Crippen molar-refractivity contribution in [2.45, 2.75) is 0 Å². The summed E-state index contributed by atoms with van der Waals surface area (Å²) in [5.41, 5.74) is 4.76. The molecule has 0 saturated carbocycles. The van der Waals surface area contributed by atoms with Gasteiger partial charge in [0.15, 0.2) is 0 Å². The van der Waals surface area contributed by atoms with E-state index in [1.165, 1.54) is 6.07 Å². The van der Waals surface area contributed by atoms with Gasteiger partial charge in [0.25, 0.3) is 5.56 Å². The van der Waals surface area contributed by atoms with Gasteiger partial charge >= 0.3 is 0 Å². The highest BCUT2D eigenvalue weighted by Crippen LogP contribution is 2.22. The van der Waals surface area contributed by atoms with E-state index in [0.29, 0.717) is 5.69 Å². The van der Waals surface area contributed by atoms with Crippen LogP contribution in [0.4, 0.5) is 5.69 Å². The fourth-order valence-electron chi connectivity index (χ4n) is 2.24. The lowest BCUT2D eigenvalue weighted by Crippen LogP contribution is -2.20. The Bertz CT molecular complexity index is 778. The van der Waals surface area contributed by atoms with Crippen molar-refractivity contribution in [3.8, 4) is 5.69 Å². The molecule has 0 aliphatic heterocycles. The lowest BCUT2D eigenvalue weighted by molar-refractivity contribution is 1.04. The molecule has 94 valence electrons. The topological polar surface area (TPSA) is 60.0 Å². The van der Waals surface area contributed by atoms with Crippen LogP contribution >= 0.6 is 0 Å². The lowest BCUT2D eigenvalue weighted by Gasteiger charge is -2.13. The van der Waals surface area contributed by atoms with Crippen molar-refractivity contribution in [2.75, 3.05) is 5.43 Å². The number of anilines is 1. The van der Waals surface area contributed by atoms with Crippen LogP contribution in [0.1, 0.15) is 0 Å². The van der Waals surface area contributed by atoms with Crippen LogP contribution in [0, 0.1) is 0 Å². The first-order chi connectivity index (χ1) is 9.31. The van der Waals surface area contributed by atoms with Crippen LogP contribution in [0.2, 0.25) is 0 Å². The van der Waals surface area contributed by atoms with Gasteiger partial charge in [-0.05, 0) is 18.2 Å². The zero-order valence-corrected chi connectivity index (χ0v) is 10.2. The summed E-state index contributed by atoms with van der Waals surface area (Å²) in [5, 5.41) is 0.911. The Balaban J connectivity index is 2.43. The predicted octanol–water partition coefficient (Wildman–Crippen LogP) is 2.28. The Kier molecular flexibility index (Phi) is 2.78. The Morgan fingerprint density at radius 2 is 1.63 bits per heavy atom. The van der Waals surface area contributed by atoms with E-state index < -0.39 is 0 Å². The van der Waals surface area contributed by atoms with Crippen molar-refractivity contribution >= 4 is 16.6 Å². The molecule has 3 aromatic rings. The van der Waals surface area contributed by atoms with E-state index in [0.717, 1.165) is 16.6 Å². The van der Waals surface area contributed by atoms with Crippen molar-refractivity contribution in [3.05, 3.63) is 71.0 Å². The number of hydrogen-bond acceptors (Lipinski definition) is 3. The second kappa shape index (κ2) is 4.59. The zero-order chi connectivity index (χ0) is 13.2. The average molecular weight is 251 g/mol. The SMILES string of the molecule is NNc1cc(=O)n(-c2ccccc2)c2ccccc12. The van der Waals surface area contributed by atoms with E-state index >= 15 is 0 Å². The van der Waals surface area contributed by atoms with E-state index in [1.807, 2.05) is 54.6 Å². The van der Waals surface area contributed by atoms with Crippen LogP contribution < -0.4 is 16.8 Å². The fourth-order valence-corrected chi connectivity index (χ4v) is 2.24. The molecule has 0 unspecified atom stereocenters. The monoisotopic (exact) mass is 251 g/mol. The quantitative estimate of drug-likeness (QED) is 0.542. The van der Waals surface area contributed by atoms with Gasteiger partial charge in [-0.15, -0.1) is 0 Å². The summed E-state index contributed by atoms with van der Waals surface area (Å²) >= 11 is 0. The standard InChI is InChI=1S/C15H13N3O/c16-17-13-10-15(19)18(11-6-2-1-3-7-11)14-9-5-4-8-12(13)14/h1-10,17H,16H2. The van der Waals surface area contributed by atoms with E-state index in [1.54, 1.807) is 4.57 Å². The number of hydrazine groups is 1. The summed E-state index contributed by atoms with van der Waals surface area (Å²) in [7, 11) is 0. The Hall–Kier alpha value is -2.59. The molecule has 0 radical (unpaired) electrons. The summed E-state index contributed by atoms with van der Waals surface area (Å²) in [5.74, 6) is 5.48. The number of benzene rings is 2. The number of aromatic nitrogens is 1. The number of nitrogens with one attached hydrogen (secondary N) is 1. The Morgan fingerprint density at radius 1 is 0.947 bits per heavy atom. The second-order valence-corrected chi connectivity index (χ2v) is 4.23. The molecule has 19 heavy (non-hydrogen) atoms. The largest absolute Gasteiger partial charge is 0.323 e. The van der Waals surface area contributed by atoms with Crippen LogP contribution in [0.5, 0.6) is 0 Å². The first-order valence-corrected chi connectivity index (χ1v) is 5.98. The molecular formula is C15H13N3O. The van der Waals surface area contributed by atoms with Gasteiger partial charge in [-0.3, -0.25) is 15.2 Å². The van der Waals surface area contributed by atoms with Gasteiger partial charge in [-0.2, -0.15) is 0 Å². The molecule has 0 aliphatic rings. The van der Waals surface area contributed by atoms with Crippen molar-refractivity contribution in [1.82, 2.24) is 4.57 Å². The third kappa shape index (κ3) is 1.88. The number of para-hydroxylation sites is 2. The zero-order valence-electron chi connectivity index (χ0n) is 10.2. The van der Waals surface area contributed by atoms with Gasteiger partial charge < -0.3 is 5.43 Å². The van der Waals surface area contributed by atoms with Crippen molar-refractivity contribution in [1.29, 1.82) is 0 Å². The molecule has 0 spiro atoms. The number of pyridine rings is 1. The molecule has 0 amide bonds. The van der Waals surface area contributed by atoms with E-state index in [-0.39, 0.29) is 5.56 Å². The van der Waals surface area contributed by atoms with Crippen molar-refractivity contribution in [3.63, 3.8) is 0 Å². The molecule has 3 N–H and O–H groups in total. The second-order valence-electron chi connectivity index (χ2n) is 4.23. The third-order valence-electron chi connectivity index (χ3n) is 3.09. The van der Waals surface area contributed by atoms with E-state index in [4.69, 9.17) is 5.84 Å². The molecular weight excluding hydrogens is 238 g/mol. The van der Waals surface area contributed by atoms with Gasteiger partial charge in [0.05, 0.1) is 11.2 Å². The van der Waals surface area contributed by atoms with Crippen LogP contribution in [-0.4, -0.2) is 4.57 Å². The highest BCUT2D eigenvalue weighted by atomic mass is 16.1. The Morgan fingerprint density at radius 3 is 2.37 bits per heavy atom. The molecule has 1 aromatic heterocycles. The normalized spacial score (nSPS) is 10.6. The first kappa shape index (κ1) is 11.5. The van der Waals surface area contributed by atoms with Crippen LogP contribution in [-0.2, 0) is 0 Å². The van der Waals surface area contributed by atoms with Crippen LogP contribution in [0.25, 0.3) is 16.6 Å². The lowest BCUT2D eigenvalue weighted by atomic mass is 10.1. The smallest absolute Gasteiger partial charge is 0.257 e. The first-order valence-electron chi connectivity index (χ1n) is 5.98. The minimum Gasteiger partial charge on any atom is -0.323 e. The molecule has 0 aliphatic carbocycles. The molecule has 4 heteroatoms. The fraction of sp³-hybridized carbons (Fsp3) is 0. The number of rotatable bonds is 2. The third-order valence-corrected chi connectivity index (χ3v) is 3.09. The number of nitrogen functional groups attached to an aromatic ring is 1. The Labute approximate surface area is 110 Å². The maximum atomic E-state index is 12.3. The van der Waals surface area contributed by atoms with Crippen molar-refractivity contribution < 1.29 is 0 Å². The number of nitrogens with zero attached hydrogens (tertiary/aromatic N) is 1. The minimum absolute atomic E-state index is 0.113. The molecule has 3 rings (SSSR count). The van der Waals surface area contributed by atoms with Crippen molar-refractivity contribution in [2.24, 2.45) is 5.84 Å². The molecule has 1 heterocycles. The number of hydrogen-bond donors (Lipinski definition) is 2. The molecule has 2 aromatic carbocycles. The highest BCUT2D eigenvalue weighted by molar-refractivity contribution is 5.92. The molecule has 0 fully saturated rings. The molecule has 4 nitrogen and oxygen atoms in total. The minimum atomic E-state index is -0.113. The van der Waals surface area contributed by atoms with Gasteiger partial charge in [0, 0.05) is 17.1 Å². The van der Waals surface area contributed by atoms with E-state index in [9.17, 15) is 4.79 Å². The molecule has 0 bridgehead atoms. The maximum absolute atomic E-state index is 12.3. The van der Waals surface area contributed by atoms with Gasteiger partial charge in [0.2, 0.25) is 0 Å². The van der Waals surface area contributed by atoms with Crippen LogP contribution in [0.3, 0.4) is 0 Å². The van der Waals surface area contributed by atoms with Crippen LogP contribution in [0.15, 0.2) is 65.5 Å². The number of nitrogens with two attached hydrogens (primary N) is 1. The summed E-state index contributed by atoms with van der Waals surface area (Å²) in [4.78, 5) is 12.3. The number of fused-ring (bicyclic) bond motifs is 1. The predicted molar refractivity (Wildman–Crippen MR) is 77.4 cm³/mol. The summed E-state index contributed by atoms with van der Waals surface area (Å²) in [6, 6.07) is 18.7. The molecule has 0 saturated heterocycles. The van der Waals surface area contributed by atoms with E-state index in [2.05, 4.69) is 5.43 Å². The summed E-state index contributed by atoms with van der Waals surface area (Å²) < 4.78 is 1.68. The summed E-state index contributed by atoms with van der Waals surface area (Å²) in [6.45, 7) is 0. The van der Waals surface area contributed by atoms with Gasteiger partial charge in [-0.1, -0.05) is 36.4 Å². The highest BCUT2D eigenvalue weighted by Gasteiger charge is 2.08. The van der Waals surface area contributed by atoms with Gasteiger partial charge in [-0.25, -0.2) is 0 Å². The average Bonchev–Trinajstić information content (AvgIpc) is 2.47. The van der Waals surface area contributed by atoms with Gasteiger partial charge in [0.1, 0.15) is 0 Å².